The van der Waals surface area contributed by atoms with Crippen LogP contribution < -0.4 is 5.32 Å². The zero-order valence-corrected chi connectivity index (χ0v) is 10.4. The van der Waals surface area contributed by atoms with Crippen LogP contribution in [-0.2, 0) is 13.0 Å². The molecule has 17 heavy (non-hydrogen) atoms. The van der Waals surface area contributed by atoms with Crippen molar-refractivity contribution < 1.29 is 0 Å². The number of nitrogens with zero attached hydrogens (tertiary/aromatic N) is 2. The lowest BCUT2D eigenvalue weighted by atomic mass is 10.1. The SMILES string of the molecule is CNCc1ccnc(Cc2ccccc2Cl)n1. The van der Waals surface area contributed by atoms with Gasteiger partial charge < -0.3 is 5.32 Å². The third-order valence-electron chi connectivity index (χ3n) is 2.43. The standard InChI is InChI=1S/C13H14ClN3/c1-15-9-11-6-7-16-13(17-11)8-10-4-2-3-5-12(10)14/h2-7,15H,8-9H2,1H3. The van der Waals surface area contributed by atoms with Crippen LogP contribution in [0.3, 0.4) is 0 Å². The van der Waals surface area contributed by atoms with Gasteiger partial charge in [-0.05, 0) is 24.7 Å². The summed E-state index contributed by atoms with van der Waals surface area (Å²) in [6.45, 7) is 0.748. The first kappa shape index (κ1) is 12.0. The number of hydrogen-bond acceptors (Lipinski definition) is 3. The fourth-order valence-corrected chi connectivity index (χ4v) is 1.82. The summed E-state index contributed by atoms with van der Waals surface area (Å²) in [7, 11) is 1.90. The normalized spacial score (nSPS) is 10.5. The molecule has 2 rings (SSSR count). The molecule has 0 aliphatic rings. The monoisotopic (exact) mass is 247 g/mol. The summed E-state index contributed by atoms with van der Waals surface area (Å²) in [6, 6.07) is 9.68. The van der Waals surface area contributed by atoms with E-state index in [0.717, 1.165) is 28.6 Å². The van der Waals surface area contributed by atoms with Crippen molar-refractivity contribution in [1.82, 2.24) is 15.3 Å². The zero-order valence-electron chi connectivity index (χ0n) is 9.65. The fraction of sp³-hybridized carbons (Fsp3) is 0.231. The lowest BCUT2D eigenvalue weighted by Crippen LogP contribution is -2.09. The van der Waals surface area contributed by atoms with Crippen LogP contribution in [0.25, 0.3) is 0 Å². The van der Waals surface area contributed by atoms with Gasteiger partial charge in [-0.2, -0.15) is 0 Å². The summed E-state index contributed by atoms with van der Waals surface area (Å²) in [6.07, 6.45) is 2.45. The van der Waals surface area contributed by atoms with Crippen LogP contribution in [0, 0.1) is 0 Å². The molecule has 0 saturated carbocycles. The van der Waals surface area contributed by atoms with Gasteiger partial charge in [0.25, 0.3) is 0 Å². The van der Waals surface area contributed by atoms with Gasteiger partial charge in [0.05, 0.1) is 5.69 Å². The highest BCUT2D eigenvalue weighted by molar-refractivity contribution is 6.31. The second-order valence-corrected chi connectivity index (χ2v) is 4.17. The highest BCUT2D eigenvalue weighted by Gasteiger charge is 2.04. The highest BCUT2D eigenvalue weighted by Crippen LogP contribution is 2.17. The first-order valence-corrected chi connectivity index (χ1v) is 5.86. The lowest BCUT2D eigenvalue weighted by Gasteiger charge is -2.05. The van der Waals surface area contributed by atoms with Crippen molar-refractivity contribution in [2.45, 2.75) is 13.0 Å². The minimum atomic E-state index is 0.664. The van der Waals surface area contributed by atoms with Gasteiger partial charge in [0.15, 0.2) is 0 Å². The molecule has 3 nitrogen and oxygen atoms in total. The zero-order chi connectivity index (χ0) is 12.1. The van der Waals surface area contributed by atoms with Crippen LogP contribution in [0.5, 0.6) is 0 Å². The number of benzene rings is 1. The number of aromatic nitrogens is 2. The quantitative estimate of drug-likeness (QED) is 0.902. The second kappa shape index (κ2) is 5.75. The van der Waals surface area contributed by atoms with E-state index in [2.05, 4.69) is 15.3 Å². The highest BCUT2D eigenvalue weighted by atomic mass is 35.5. The maximum Gasteiger partial charge on any atom is 0.133 e. The summed E-state index contributed by atoms with van der Waals surface area (Å²) in [5.74, 6) is 0.797. The Hall–Kier alpha value is -1.45. The molecule has 0 aliphatic heterocycles. The van der Waals surface area contributed by atoms with E-state index < -0.39 is 0 Å². The minimum absolute atomic E-state index is 0.664. The Bertz CT molecular complexity index is 500. The molecule has 0 spiro atoms. The molecule has 0 aliphatic carbocycles. The summed E-state index contributed by atoms with van der Waals surface area (Å²) in [5, 5.41) is 3.83. The molecular weight excluding hydrogens is 234 g/mol. The summed E-state index contributed by atoms with van der Waals surface area (Å²) >= 11 is 6.11. The predicted molar refractivity (Wildman–Crippen MR) is 69.1 cm³/mol. The van der Waals surface area contributed by atoms with Gasteiger partial charge in [-0.25, -0.2) is 9.97 Å². The van der Waals surface area contributed by atoms with Crippen molar-refractivity contribution in [3.05, 3.63) is 58.6 Å². The van der Waals surface area contributed by atoms with E-state index in [0.29, 0.717) is 6.42 Å². The number of rotatable bonds is 4. The first-order valence-electron chi connectivity index (χ1n) is 5.48. The van der Waals surface area contributed by atoms with Crippen LogP contribution in [0.15, 0.2) is 36.5 Å². The van der Waals surface area contributed by atoms with Crippen molar-refractivity contribution >= 4 is 11.6 Å². The van der Waals surface area contributed by atoms with Gasteiger partial charge >= 0.3 is 0 Å². The third-order valence-corrected chi connectivity index (χ3v) is 2.80. The van der Waals surface area contributed by atoms with Gasteiger partial charge in [0, 0.05) is 24.2 Å². The van der Waals surface area contributed by atoms with Gasteiger partial charge in [-0.1, -0.05) is 29.8 Å². The molecule has 0 saturated heterocycles. The van der Waals surface area contributed by atoms with E-state index in [1.54, 1.807) is 6.20 Å². The van der Waals surface area contributed by atoms with E-state index in [1.165, 1.54) is 0 Å². The largest absolute Gasteiger partial charge is 0.314 e. The molecule has 0 amide bonds. The predicted octanol–water partition coefficient (Wildman–Crippen LogP) is 2.44. The van der Waals surface area contributed by atoms with Crippen molar-refractivity contribution in [2.24, 2.45) is 0 Å². The molecule has 1 aromatic heterocycles. The molecule has 4 heteroatoms. The fourth-order valence-electron chi connectivity index (χ4n) is 1.62. The molecule has 0 fully saturated rings. The topological polar surface area (TPSA) is 37.8 Å². The average Bonchev–Trinajstić information content (AvgIpc) is 2.33. The Balaban J connectivity index is 2.18. The maximum absolute atomic E-state index is 6.11. The van der Waals surface area contributed by atoms with Crippen LogP contribution >= 0.6 is 11.6 Å². The third kappa shape index (κ3) is 3.25. The smallest absolute Gasteiger partial charge is 0.133 e. The van der Waals surface area contributed by atoms with E-state index >= 15 is 0 Å². The van der Waals surface area contributed by atoms with E-state index in [9.17, 15) is 0 Å². The van der Waals surface area contributed by atoms with Gasteiger partial charge in [-0.3, -0.25) is 0 Å². The molecular formula is C13H14ClN3. The van der Waals surface area contributed by atoms with Crippen molar-refractivity contribution in [1.29, 1.82) is 0 Å². The molecule has 0 atom stereocenters. The molecule has 1 N–H and O–H groups in total. The van der Waals surface area contributed by atoms with Crippen LogP contribution in [-0.4, -0.2) is 17.0 Å². The van der Waals surface area contributed by atoms with Crippen molar-refractivity contribution in [3.8, 4) is 0 Å². The van der Waals surface area contributed by atoms with E-state index in [-0.39, 0.29) is 0 Å². The van der Waals surface area contributed by atoms with Crippen LogP contribution in [0.2, 0.25) is 5.02 Å². The Morgan fingerprint density at radius 3 is 2.82 bits per heavy atom. The van der Waals surface area contributed by atoms with Crippen molar-refractivity contribution in [3.63, 3.8) is 0 Å². The van der Waals surface area contributed by atoms with Gasteiger partial charge in [0.1, 0.15) is 5.82 Å². The van der Waals surface area contributed by atoms with Gasteiger partial charge in [0.2, 0.25) is 0 Å². The van der Waals surface area contributed by atoms with Crippen molar-refractivity contribution in [2.75, 3.05) is 7.05 Å². The summed E-state index contributed by atoms with van der Waals surface area (Å²) in [5.41, 5.74) is 2.04. The maximum atomic E-state index is 6.11. The number of halogens is 1. The van der Waals surface area contributed by atoms with E-state index in [1.807, 2.05) is 37.4 Å². The molecule has 0 bridgehead atoms. The molecule has 1 heterocycles. The Morgan fingerprint density at radius 2 is 2.06 bits per heavy atom. The first-order chi connectivity index (χ1) is 8.29. The summed E-state index contributed by atoms with van der Waals surface area (Å²) in [4.78, 5) is 8.73. The molecule has 0 radical (unpaired) electrons. The Labute approximate surface area is 106 Å². The van der Waals surface area contributed by atoms with Crippen LogP contribution in [0.1, 0.15) is 17.1 Å². The Kier molecular flexibility index (Phi) is 4.07. The number of hydrogen-bond donors (Lipinski definition) is 1. The van der Waals surface area contributed by atoms with E-state index in [4.69, 9.17) is 11.6 Å². The number of nitrogens with one attached hydrogen (secondary N) is 1. The average molecular weight is 248 g/mol. The van der Waals surface area contributed by atoms with Gasteiger partial charge in [-0.15, -0.1) is 0 Å². The second-order valence-electron chi connectivity index (χ2n) is 3.76. The molecule has 1 aromatic carbocycles. The molecule has 0 unspecified atom stereocenters. The lowest BCUT2D eigenvalue weighted by molar-refractivity contribution is 0.772. The summed E-state index contributed by atoms with van der Waals surface area (Å²) < 4.78 is 0. The molecule has 2 aromatic rings. The Morgan fingerprint density at radius 1 is 1.24 bits per heavy atom. The minimum Gasteiger partial charge on any atom is -0.314 e. The van der Waals surface area contributed by atoms with Crippen LogP contribution in [0.4, 0.5) is 0 Å². The molecule has 88 valence electrons.